The van der Waals surface area contributed by atoms with E-state index in [1.165, 1.54) is 19.3 Å². The van der Waals surface area contributed by atoms with Crippen molar-refractivity contribution in [1.29, 1.82) is 0 Å². The van der Waals surface area contributed by atoms with Crippen molar-refractivity contribution >= 4 is 5.91 Å². The molecule has 0 saturated carbocycles. The Balaban J connectivity index is 1.64. The topological polar surface area (TPSA) is 46.1 Å². The molecule has 0 spiro atoms. The summed E-state index contributed by atoms with van der Waals surface area (Å²) in [6.07, 6.45) is 7.36. The summed E-state index contributed by atoms with van der Waals surface area (Å²) in [5.41, 5.74) is 1.14. The molecule has 2 heterocycles. The number of amides is 1. The predicted molar refractivity (Wildman–Crippen MR) is 72.1 cm³/mol. The average molecular weight is 249 g/mol. The summed E-state index contributed by atoms with van der Waals surface area (Å²) in [7, 11) is 1.99. The largest absolute Gasteiger partial charge is 0.353 e. The van der Waals surface area contributed by atoms with Gasteiger partial charge in [-0.3, -0.25) is 4.79 Å². The molecule has 0 radical (unpaired) electrons. The first-order chi connectivity index (χ1) is 8.75. The van der Waals surface area contributed by atoms with Crippen molar-refractivity contribution in [2.24, 2.45) is 7.05 Å². The van der Waals surface area contributed by atoms with E-state index < -0.39 is 0 Å². The van der Waals surface area contributed by atoms with Gasteiger partial charge in [0.15, 0.2) is 0 Å². The highest BCUT2D eigenvalue weighted by atomic mass is 16.1. The second kappa shape index (κ2) is 6.59. The molecule has 2 N–H and O–H groups in total. The van der Waals surface area contributed by atoms with Gasteiger partial charge < -0.3 is 15.2 Å². The predicted octanol–water partition coefficient (Wildman–Crippen LogP) is 1.56. The highest BCUT2D eigenvalue weighted by molar-refractivity contribution is 5.75. The number of carbonyl (C=O) groups excluding carboxylic acids is 1. The molecule has 4 heteroatoms. The number of nitrogens with one attached hydrogen (secondary N) is 2. The Morgan fingerprint density at radius 3 is 3.11 bits per heavy atom. The van der Waals surface area contributed by atoms with Gasteiger partial charge in [0.05, 0.1) is 6.54 Å². The van der Waals surface area contributed by atoms with E-state index in [9.17, 15) is 4.79 Å². The lowest BCUT2D eigenvalue weighted by Gasteiger charge is -2.23. The maximum atomic E-state index is 11.7. The number of nitrogens with zero attached hydrogens (tertiary/aromatic N) is 1. The van der Waals surface area contributed by atoms with Crippen LogP contribution in [0.5, 0.6) is 0 Å². The first kappa shape index (κ1) is 13.1. The Morgan fingerprint density at radius 2 is 2.44 bits per heavy atom. The van der Waals surface area contributed by atoms with Crippen molar-refractivity contribution in [2.45, 2.75) is 44.7 Å². The Labute approximate surface area is 109 Å². The SMILES string of the molecule is Cn1cccc1CNC(=O)CCC1CCCCN1. The van der Waals surface area contributed by atoms with Crippen molar-refractivity contribution < 1.29 is 4.79 Å². The third-order valence-electron chi connectivity index (χ3n) is 3.65. The quantitative estimate of drug-likeness (QED) is 0.832. The van der Waals surface area contributed by atoms with Gasteiger partial charge in [-0.15, -0.1) is 0 Å². The lowest BCUT2D eigenvalue weighted by atomic mass is 10.0. The third-order valence-corrected chi connectivity index (χ3v) is 3.65. The summed E-state index contributed by atoms with van der Waals surface area (Å²) < 4.78 is 2.03. The van der Waals surface area contributed by atoms with E-state index in [0.29, 0.717) is 19.0 Å². The third kappa shape index (κ3) is 3.88. The van der Waals surface area contributed by atoms with Crippen LogP contribution in [0.25, 0.3) is 0 Å². The van der Waals surface area contributed by atoms with Gasteiger partial charge in [-0.25, -0.2) is 0 Å². The zero-order valence-corrected chi connectivity index (χ0v) is 11.1. The molecule has 4 nitrogen and oxygen atoms in total. The number of piperidine rings is 1. The lowest BCUT2D eigenvalue weighted by molar-refractivity contribution is -0.121. The molecule has 1 saturated heterocycles. The minimum absolute atomic E-state index is 0.156. The fraction of sp³-hybridized carbons (Fsp3) is 0.643. The van der Waals surface area contributed by atoms with Crippen LogP contribution in [0.15, 0.2) is 18.3 Å². The maximum Gasteiger partial charge on any atom is 0.220 e. The number of carbonyl (C=O) groups is 1. The molecule has 1 aliphatic heterocycles. The van der Waals surface area contributed by atoms with E-state index >= 15 is 0 Å². The highest BCUT2D eigenvalue weighted by Crippen LogP contribution is 2.11. The molecule has 1 fully saturated rings. The van der Waals surface area contributed by atoms with Crippen molar-refractivity contribution in [1.82, 2.24) is 15.2 Å². The first-order valence-electron chi connectivity index (χ1n) is 6.86. The molecule has 0 aromatic carbocycles. The Morgan fingerprint density at radius 1 is 1.56 bits per heavy atom. The van der Waals surface area contributed by atoms with Crippen molar-refractivity contribution in [3.63, 3.8) is 0 Å². The van der Waals surface area contributed by atoms with Crippen LogP contribution in [0.4, 0.5) is 0 Å². The van der Waals surface area contributed by atoms with Gasteiger partial charge in [-0.2, -0.15) is 0 Å². The van der Waals surface area contributed by atoms with Crippen molar-refractivity contribution in [2.75, 3.05) is 6.54 Å². The number of hydrogen-bond acceptors (Lipinski definition) is 2. The van der Waals surface area contributed by atoms with Gasteiger partial charge in [0.1, 0.15) is 0 Å². The van der Waals surface area contributed by atoms with Gasteiger partial charge in [0.2, 0.25) is 5.91 Å². The van der Waals surface area contributed by atoms with Gasteiger partial charge in [-0.05, 0) is 37.9 Å². The summed E-state index contributed by atoms with van der Waals surface area (Å²) >= 11 is 0. The molecule has 100 valence electrons. The molecule has 0 aliphatic carbocycles. The second-order valence-electron chi connectivity index (χ2n) is 5.07. The molecular weight excluding hydrogens is 226 g/mol. The zero-order valence-electron chi connectivity index (χ0n) is 11.1. The van der Waals surface area contributed by atoms with Gasteiger partial charge in [0.25, 0.3) is 0 Å². The summed E-state index contributed by atoms with van der Waals surface area (Å²) in [6, 6.07) is 4.57. The van der Waals surface area contributed by atoms with E-state index in [2.05, 4.69) is 10.6 Å². The fourth-order valence-corrected chi connectivity index (χ4v) is 2.43. The van der Waals surface area contributed by atoms with Crippen LogP contribution in [-0.4, -0.2) is 23.1 Å². The first-order valence-corrected chi connectivity index (χ1v) is 6.86. The van der Waals surface area contributed by atoms with Gasteiger partial charge >= 0.3 is 0 Å². The number of hydrogen-bond donors (Lipinski definition) is 2. The van der Waals surface area contributed by atoms with Crippen LogP contribution in [0.3, 0.4) is 0 Å². The molecule has 1 aliphatic rings. The van der Waals surface area contributed by atoms with E-state index in [0.717, 1.165) is 18.7 Å². The van der Waals surface area contributed by atoms with Crippen LogP contribution in [-0.2, 0) is 18.4 Å². The van der Waals surface area contributed by atoms with Crippen molar-refractivity contribution in [3.8, 4) is 0 Å². The van der Waals surface area contributed by atoms with E-state index in [-0.39, 0.29) is 5.91 Å². The van der Waals surface area contributed by atoms with Crippen LogP contribution in [0.1, 0.15) is 37.8 Å². The summed E-state index contributed by atoms with van der Waals surface area (Å²) in [5.74, 6) is 0.156. The Bertz CT molecular complexity index is 380. The van der Waals surface area contributed by atoms with Crippen LogP contribution in [0.2, 0.25) is 0 Å². The van der Waals surface area contributed by atoms with E-state index in [1.807, 2.05) is 29.9 Å². The number of aromatic nitrogens is 1. The minimum atomic E-state index is 0.156. The Hall–Kier alpha value is -1.29. The standard InChI is InChI=1S/C14H23N3O/c1-17-10-4-6-13(17)11-16-14(18)8-7-12-5-2-3-9-15-12/h4,6,10,12,15H,2-3,5,7-9,11H2,1H3,(H,16,18). The lowest BCUT2D eigenvalue weighted by Crippen LogP contribution is -2.35. The van der Waals surface area contributed by atoms with Crippen LogP contribution >= 0.6 is 0 Å². The molecule has 18 heavy (non-hydrogen) atoms. The van der Waals surface area contributed by atoms with Crippen LogP contribution < -0.4 is 10.6 Å². The minimum Gasteiger partial charge on any atom is -0.353 e. The normalized spacial score (nSPS) is 19.7. The zero-order chi connectivity index (χ0) is 12.8. The molecule has 0 bridgehead atoms. The molecule has 2 rings (SSSR count). The molecule has 1 aromatic heterocycles. The van der Waals surface area contributed by atoms with Crippen molar-refractivity contribution in [3.05, 3.63) is 24.0 Å². The Kier molecular flexibility index (Phi) is 4.81. The van der Waals surface area contributed by atoms with E-state index in [4.69, 9.17) is 0 Å². The highest BCUT2D eigenvalue weighted by Gasteiger charge is 2.13. The summed E-state index contributed by atoms with van der Waals surface area (Å²) in [4.78, 5) is 11.7. The van der Waals surface area contributed by atoms with Gasteiger partial charge in [-0.1, -0.05) is 6.42 Å². The smallest absolute Gasteiger partial charge is 0.220 e. The molecular formula is C14H23N3O. The summed E-state index contributed by atoms with van der Waals surface area (Å²) in [5, 5.41) is 6.45. The number of rotatable bonds is 5. The molecule has 1 unspecified atom stereocenters. The second-order valence-corrected chi connectivity index (χ2v) is 5.07. The average Bonchev–Trinajstić information content (AvgIpc) is 2.81. The van der Waals surface area contributed by atoms with Gasteiger partial charge in [0, 0.05) is 31.4 Å². The molecule has 1 amide bonds. The summed E-state index contributed by atoms with van der Waals surface area (Å²) in [6.45, 7) is 1.73. The maximum absolute atomic E-state index is 11.7. The molecule has 1 atom stereocenters. The fourth-order valence-electron chi connectivity index (χ4n) is 2.43. The molecule has 1 aromatic rings. The van der Waals surface area contributed by atoms with Crippen LogP contribution in [0, 0.1) is 0 Å². The monoisotopic (exact) mass is 249 g/mol. The number of aryl methyl sites for hydroxylation is 1. The van der Waals surface area contributed by atoms with E-state index in [1.54, 1.807) is 0 Å².